The Labute approximate surface area is 120 Å². The van der Waals surface area contributed by atoms with Gasteiger partial charge < -0.3 is 14.8 Å². The second-order valence-electron chi connectivity index (χ2n) is 6.25. The minimum Gasteiger partial charge on any atom is -0.310 e. The van der Waals surface area contributed by atoms with E-state index in [4.69, 9.17) is 4.98 Å². The van der Waals surface area contributed by atoms with E-state index in [0.29, 0.717) is 6.04 Å². The predicted molar refractivity (Wildman–Crippen MR) is 79.1 cm³/mol. The van der Waals surface area contributed by atoms with Crippen LogP contribution in [-0.2, 0) is 19.3 Å². The Bertz CT molecular complexity index is 539. The van der Waals surface area contributed by atoms with Crippen LogP contribution in [0, 0.1) is 0 Å². The standard InChI is InChI=1S/C15H24N4O/c1-18-7-8-19(2)11(10-18)9-14-16-13-6-4-3-5-12(13)15(20)17-14/h11H,3-10H2,1-2H3,(H,16,17,20). The van der Waals surface area contributed by atoms with Crippen molar-refractivity contribution >= 4 is 0 Å². The van der Waals surface area contributed by atoms with Gasteiger partial charge in [-0.3, -0.25) is 4.79 Å². The molecule has 0 saturated carbocycles. The highest BCUT2D eigenvalue weighted by Crippen LogP contribution is 2.17. The number of piperazine rings is 1. The lowest BCUT2D eigenvalue weighted by Gasteiger charge is -2.37. The lowest BCUT2D eigenvalue weighted by molar-refractivity contribution is 0.113. The van der Waals surface area contributed by atoms with Gasteiger partial charge in [-0.25, -0.2) is 4.98 Å². The topological polar surface area (TPSA) is 52.2 Å². The normalized spacial score (nSPS) is 24.6. The third-order valence-electron chi connectivity index (χ3n) is 4.65. The number of fused-ring (bicyclic) bond motifs is 1. The number of aromatic amines is 1. The third-order valence-corrected chi connectivity index (χ3v) is 4.65. The Morgan fingerprint density at radius 2 is 2.05 bits per heavy atom. The van der Waals surface area contributed by atoms with E-state index in [1.807, 2.05) is 0 Å². The maximum absolute atomic E-state index is 12.2. The highest BCUT2D eigenvalue weighted by atomic mass is 16.1. The molecule has 0 amide bonds. The van der Waals surface area contributed by atoms with Gasteiger partial charge in [-0.2, -0.15) is 0 Å². The predicted octanol–water partition coefficient (Wildman–Crippen LogP) is 0.437. The lowest BCUT2D eigenvalue weighted by Crippen LogP contribution is -2.51. The van der Waals surface area contributed by atoms with Gasteiger partial charge in [0.25, 0.3) is 5.56 Å². The smallest absolute Gasteiger partial charge is 0.254 e. The monoisotopic (exact) mass is 276 g/mol. The molecule has 1 atom stereocenters. The molecular weight excluding hydrogens is 252 g/mol. The van der Waals surface area contributed by atoms with E-state index in [1.54, 1.807) is 0 Å². The number of H-pyrrole nitrogens is 1. The molecule has 0 spiro atoms. The summed E-state index contributed by atoms with van der Waals surface area (Å²) in [5.74, 6) is 0.864. The van der Waals surface area contributed by atoms with Gasteiger partial charge in [0.1, 0.15) is 5.82 Å². The molecule has 2 heterocycles. The average Bonchev–Trinajstić information content (AvgIpc) is 2.43. The minimum absolute atomic E-state index is 0.0940. The number of rotatable bonds is 2. The average molecular weight is 276 g/mol. The van der Waals surface area contributed by atoms with Crippen LogP contribution in [0.25, 0.3) is 0 Å². The maximum Gasteiger partial charge on any atom is 0.254 e. The van der Waals surface area contributed by atoms with Gasteiger partial charge in [-0.1, -0.05) is 0 Å². The van der Waals surface area contributed by atoms with E-state index in [-0.39, 0.29) is 5.56 Å². The van der Waals surface area contributed by atoms with Crippen LogP contribution in [0.15, 0.2) is 4.79 Å². The van der Waals surface area contributed by atoms with Crippen LogP contribution in [0.3, 0.4) is 0 Å². The molecule has 1 aromatic heterocycles. The molecule has 2 aliphatic rings. The number of likely N-dealkylation sites (N-methyl/N-ethyl adjacent to an activating group) is 2. The summed E-state index contributed by atoms with van der Waals surface area (Å²) in [6, 6.07) is 0.443. The molecular formula is C15H24N4O. The van der Waals surface area contributed by atoms with Gasteiger partial charge in [0.2, 0.25) is 0 Å². The van der Waals surface area contributed by atoms with Crippen LogP contribution in [-0.4, -0.2) is 59.5 Å². The molecule has 5 heteroatoms. The van der Waals surface area contributed by atoms with Crippen LogP contribution >= 0.6 is 0 Å². The Balaban J connectivity index is 1.80. The van der Waals surface area contributed by atoms with Crippen molar-refractivity contribution in [3.8, 4) is 0 Å². The second kappa shape index (κ2) is 5.66. The first kappa shape index (κ1) is 13.8. The fourth-order valence-electron chi connectivity index (χ4n) is 3.30. The van der Waals surface area contributed by atoms with Crippen molar-refractivity contribution in [1.82, 2.24) is 19.8 Å². The zero-order chi connectivity index (χ0) is 14.1. The van der Waals surface area contributed by atoms with Crippen LogP contribution in [0.1, 0.15) is 29.9 Å². The number of aromatic nitrogens is 2. The van der Waals surface area contributed by atoms with Gasteiger partial charge in [-0.15, -0.1) is 0 Å². The molecule has 0 radical (unpaired) electrons. The zero-order valence-corrected chi connectivity index (χ0v) is 12.5. The van der Waals surface area contributed by atoms with Crippen LogP contribution in [0.5, 0.6) is 0 Å². The van der Waals surface area contributed by atoms with Crippen molar-refractivity contribution in [2.75, 3.05) is 33.7 Å². The Hall–Kier alpha value is -1.20. The van der Waals surface area contributed by atoms with Crippen molar-refractivity contribution < 1.29 is 0 Å². The molecule has 1 saturated heterocycles. The molecule has 20 heavy (non-hydrogen) atoms. The molecule has 1 aromatic rings. The highest BCUT2D eigenvalue weighted by Gasteiger charge is 2.24. The van der Waals surface area contributed by atoms with Crippen LogP contribution in [0.4, 0.5) is 0 Å². The minimum atomic E-state index is 0.0940. The van der Waals surface area contributed by atoms with Crippen LogP contribution in [0.2, 0.25) is 0 Å². The van der Waals surface area contributed by atoms with Gasteiger partial charge in [0.15, 0.2) is 0 Å². The first-order valence-corrected chi connectivity index (χ1v) is 7.63. The number of hydrogen-bond donors (Lipinski definition) is 1. The van der Waals surface area contributed by atoms with E-state index >= 15 is 0 Å². The summed E-state index contributed by atoms with van der Waals surface area (Å²) >= 11 is 0. The SMILES string of the molecule is CN1CCN(C)C(Cc2nc3c(c(=O)[nH]2)CCCC3)C1. The van der Waals surface area contributed by atoms with Gasteiger partial charge in [-0.05, 0) is 39.8 Å². The van der Waals surface area contributed by atoms with Crippen molar-refractivity contribution in [2.45, 2.75) is 38.1 Å². The Morgan fingerprint density at radius 3 is 2.90 bits per heavy atom. The number of hydrogen-bond acceptors (Lipinski definition) is 4. The molecule has 1 fully saturated rings. The lowest BCUT2D eigenvalue weighted by atomic mass is 9.97. The van der Waals surface area contributed by atoms with E-state index in [9.17, 15) is 4.79 Å². The van der Waals surface area contributed by atoms with E-state index < -0.39 is 0 Å². The summed E-state index contributed by atoms with van der Waals surface area (Å²) in [7, 11) is 4.32. The molecule has 0 bridgehead atoms. The fourth-order valence-corrected chi connectivity index (χ4v) is 3.30. The summed E-state index contributed by atoms with van der Waals surface area (Å²) in [5.41, 5.74) is 2.06. The summed E-state index contributed by atoms with van der Waals surface area (Å²) in [6.45, 7) is 3.23. The van der Waals surface area contributed by atoms with Crippen molar-refractivity contribution in [2.24, 2.45) is 0 Å². The molecule has 3 rings (SSSR count). The molecule has 5 nitrogen and oxygen atoms in total. The van der Waals surface area contributed by atoms with Crippen molar-refractivity contribution in [1.29, 1.82) is 0 Å². The molecule has 1 unspecified atom stereocenters. The quantitative estimate of drug-likeness (QED) is 0.851. The Morgan fingerprint density at radius 1 is 1.25 bits per heavy atom. The molecule has 1 aliphatic heterocycles. The molecule has 0 aromatic carbocycles. The molecule has 1 aliphatic carbocycles. The summed E-state index contributed by atoms with van der Waals surface area (Å²) in [4.78, 5) is 24.6. The number of aryl methyl sites for hydroxylation is 1. The Kier molecular flexibility index (Phi) is 3.89. The van der Waals surface area contributed by atoms with Crippen molar-refractivity contribution in [3.05, 3.63) is 27.4 Å². The van der Waals surface area contributed by atoms with E-state index in [0.717, 1.165) is 68.8 Å². The summed E-state index contributed by atoms with van der Waals surface area (Å²) in [6.07, 6.45) is 4.97. The third kappa shape index (κ3) is 2.79. The highest BCUT2D eigenvalue weighted by molar-refractivity contribution is 5.21. The van der Waals surface area contributed by atoms with Crippen molar-refractivity contribution in [3.63, 3.8) is 0 Å². The number of nitrogens with one attached hydrogen (secondary N) is 1. The molecule has 1 N–H and O–H groups in total. The first-order valence-electron chi connectivity index (χ1n) is 7.63. The largest absolute Gasteiger partial charge is 0.310 e. The second-order valence-corrected chi connectivity index (χ2v) is 6.25. The van der Waals surface area contributed by atoms with E-state index in [1.165, 1.54) is 0 Å². The summed E-state index contributed by atoms with van der Waals surface area (Å²) in [5, 5.41) is 0. The number of nitrogens with zero attached hydrogens (tertiary/aromatic N) is 3. The van der Waals surface area contributed by atoms with E-state index in [2.05, 4.69) is 28.9 Å². The first-order chi connectivity index (χ1) is 9.63. The van der Waals surface area contributed by atoms with Gasteiger partial charge >= 0.3 is 0 Å². The maximum atomic E-state index is 12.2. The zero-order valence-electron chi connectivity index (χ0n) is 12.5. The van der Waals surface area contributed by atoms with Gasteiger partial charge in [0, 0.05) is 37.7 Å². The fraction of sp³-hybridized carbons (Fsp3) is 0.733. The summed E-state index contributed by atoms with van der Waals surface area (Å²) < 4.78 is 0. The molecule has 110 valence electrons. The van der Waals surface area contributed by atoms with Crippen LogP contribution < -0.4 is 5.56 Å². The van der Waals surface area contributed by atoms with Gasteiger partial charge in [0.05, 0.1) is 5.69 Å².